The summed E-state index contributed by atoms with van der Waals surface area (Å²) in [5.41, 5.74) is 6.70. The van der Waals surface area contributed by atoms with Gasteiger partial charge in [0.05, 0.1) is 18.2 Å². The Balaban J connectivity index is 2.42. The van der Waals surface area contributed by atoms with Crippen LogP contribution < -0.4 is 10.5 Å². The molecule has 18 heavy (non-hydrogen) atoms. The Bertz CT molecular complexity index is 568. The largest absolute Gasteiger partial charge is 0.495 e. The first-order chi connectivity index (χ1) is 8.52. The molecular weight excluding hydrogens is 296 g/mol. The predicted octanol–water partition coefficient (Wildman–Crippen LogP) is 4.30. The first-order valence-corrected chi connectivity index (χ1v) is 6.20. The number of benzene rings is 1. The quantitative estimate of drug-likeness (QED) is 0.920. The number of hydrogen-bond donors (Lipinski definition) is 1. The van der Waals surface area contributed by atoms with Crippen molar-refractivity contribution in [2.45, 2.75) is 6.04 Å². The molecule has 96 valence electrons. The lowest BCUT2D eigenvalue weighted by Gasteiger charge is -2.13. The maximum atomic E-state index is 6.14. The maximum absolute atomic E-state index is 6.14. The van der Waals surface area contributed by atoms with Crippen LogP contribution in [0.3, 0.4) is 0 Å². The third-order valence-electron chi connectivity index (χ3n) is 2.51. The number of hydrogen-bond acceptors (Lipinski definition) is 3. The van der Waals surface area contributed by atoms with Gasteiger partial charge in [-0.1, -0.05) is 23.2 Å². The monoisotopic (exact) mass is 305 g/mol. The molecule has 1 heterocycles. The zero-order valence-electron chi connectivity index (χ0n) is 9.41. The van der Waals surface area contributed by atoms with E-state index in [1.165, 1.54) is 7.11 Å². The average Bonchev–Trinajstić information content (AvgIpc) is 2.77. The van der Waals surface area contributed by atoms with E-state index in [4.69, 9.17) is 49.7 Å². The van der Waals surface area contributed by atoms with Crippen molar-refractivity contribution in [2.24, 2.45) is 5.73 Å². The van der Waals surface area contributed by atoms with Gasteiger partial charge in [-0.15, -0.1) is 0 Å². The highest BCUT2D eigenvalue weighted by Gasteiger charge is 2.18. The molecule has 0 amide bonds. The third kappa shape index (κ3) is 2.59. The van der Waals surface area contributed by atoms with E-state index in [9.17, 15) is 0 Å². The first-order valence-electron chi connectivity index (χ1n) is 5.06. The van der Waals surface area contributed by atoms with Crippen molar-refractivity contribution in [3.63, 3.8) is 0 Å². The Morgan fingerprint density at radius 2 is 1.89 bits per heavy atom. The second-order valence-corrected chi connectivity index (χ2v) is 4.81. The van der Waals surface area contributed by atoms with Gasteiger partial charge in [0.15, 0.2) is 5.22 Å². The molecule has 1 aromatic heterocycles. The standard InChI is InChI=1S/C12H10Cl3NO2/c1-17-10-5-7(13)6(4-8(10)14)12(16)9-2-3-11(15)18-9/h2-5,12H,16H2,1H3. The summed E-state index contributed by atoms with van der Waals surface area (Å²) >= 11 is 17.9. The van der Waals surface area contributed by atoms with Crippen LogP contribution in [-0.2, 0) is 0 Å². The highest BCUT2D eigenvalue weighted by atomic mass is 35.5. The number of ether oxygens (including phenoxy) is 1. The van der Waals surface area contributed by atoms with Gasteiger partial charge in [0.2, 0.25) is 0 Å². The lowest BCUT2D eigenvalue weighted by Crippen LogP contribution is -2.11. The molecule has 0 fully saturated rings. The highest BCUT2D eigenvalue weighted by molar-refractivity contribution is 6.34. The first kappa shape index (κ1) is 13.6. The van der Waals surface area contributed by atoms with Crippen LogP contribution >= 0.6 is 34.8 Å². The summed E-state index contributed by atoms with van der Waals surface area (Å²) in [6.07, 6.45) is 0. The lowest BCUT2D eigenvalue weighted by molar-refractivity contribution is 0.414. The van der Waals surface area contributed by atoms with Gasteiger partial charge in [-0.2, -0.15) is 0 Å². The molecule has 1 atom stereocenters. The topological polar surface area (TPSA) is 48.4 Å². The molecule has 0 aliphatic rings. The smallest absolute Gasteiger partial charge is 0.193 e. The summed E-state index contributed by atoms with van der Waals surface area (Å²) in [5, 5.41) is 1.16. The minimum atomic E-state index is -0.534. The molecule has 0 saturated heterocycles. The molecule has 0 aliphatic heterocycles. The Labute approximate surface area is 119 Å². The van der Waals surface area contributed by atoms with Crippen LogP contribution in [0, 0.1) is 0 Å². The zero-order valence-corrected chi connectivity index (χ0v) is 11.7. The summed E-state index contributed by atoms with van der Waals surface area (Å²) in [5.74, 6) is 1.01. The van der Waals surface area contributed by atoms with Crippen molar-refractivity contribution >= 4 is 34.8 Å². The number of halogens is 3. The molecule has 6 heteroatoms. The van der Waals surface area contributed by atoms with Crippen LogP contribution in [-0.4, -0.2) is 7.11 Å². The van der Waals surface area contributed by atoms with Gasteiger partial charge < -0.3 is 14.9 Å². The van der Waals surface area contributed by atoms with Crippen molar-refractivity contribution < 1.29 is 9.15 Å². The molecule has 0 saturated carbocycles. The minimum absolute atomic E-state index is 0.274. The molecule has 0 aliphatic carbocycles. The predicted molar refractivity (Wildman–Crippen MR) is 72.8 cm³/mol. The summed E-state index contributed by atoms with van der Waals surface area (Å²) in [4.78, 5) is 0. The van der Waals surface area contributed by atoms with E-state index >= 15 is 0 Å². The summed E-state index contributed by atoms with van der Waals surface area (Å²) in [7, 11) is 1.52. The van der Waals surface area contributed by atoms with Gasteiger partial charge in [-0.3, -0.25) is 0 Å². The van der Waals surface area contributed by atoms with Crippen molar-refractivity contribution in [1.29, 1.82) is 0 Å². The van der Waals surface area contributed by atoms with Crippen molar-refractivity contribution in [2.75, 3.05) is 7.11 Å². The van der Waals surface area contributed by atoms with Crippen LogP contribution in [0.5, 0.6) is 5.75 Å². The van der Waals surface area contributed by atoms with Gasteiger partial charge in [0, 0.05) is 11.1 Å². The van der Waals surface area contributed by atoms with E-state index in [0.29, 0.717) is 27.1 Å². The summed E-state index contributed by atoms with van der Waals surface area (Å²) < 4.78 is 10.3. The van der Waals surface area contributed by atoms with Gasteiger partial charge in [0.1, 0.15) is 11.5 Å². The maximum Gasteiger partial charge on any atom is 0.193 e. The van der Waals surface area contributed by atoms with Gasteiger partial charge in [0.25, 0.3) is 0 Å². The average molecular weight is 307 g/mol. The summed E-state index contributed by atoms with van der Waals surface area (Å²) in [6.45, 7) is 0. The van der Waals surface area contributed by atoms with Gasteiger partial charge in [-0.25, -0.2) is 0 Å². The van der Waals surface area contributed by atoms with E-state index in [-0.39, 0.29) is 5.22 Å². The number of methoxy groups -OCH3 is 1. The normalized spacial score (nSPS) is 12.5. The van der Waals surface area contributed by atoms with E-state index in [0.717, 1.165) is 0 Å². The highest BCUT2D eigenvalue weighted by Crippen LogP contribution is 2.35. The second kappa shape index (κ2) is 5.41. The van der Waals surface area contributed by atoms with Gasteiger partial charge in [-0.05, 0) is 35.4 Å². The van der Waals surface area contributed by atoms with Crippen LogP contribution in [0.15, 0.2) is 28.7 Å². The molecule has 2 rings (SSSR count). The molecule has 2 aromatic rings. The molecule has 1 unspecified atom stereocenters. The molecule has 0 radical (unpaired) electrons. The molecule has 0 bridgehead atoms. The van der Waals surface area contributed by atoms with Crippen molar-refractivity contribution in [3.05, 3.63) is 50.9 Å². The van der Waals surface area contributed by atoms with Crippen LogP contribution in [0.25, 0.3) is 0 Å². The molecule has 3 nitrogen and oxygen atoms in total. The SMILES string of the molecule is COc1cc(Cl)c(C(N)c2ccc(Cl)o2)cc1Cl. The lowest BCUT2D eigenvalue weighted by atomic mass is 10.1. The fourth-order valence-electron chi connectivity index (χ4n) is 1.59. The van der Waals surface area contributed by atoms with E-state index in [2.05, 4.69) is 0 Å². The molecule has 0 spiro atoms. The van der Waals surface area contributed by atoms with E-state index < -0.39 is 6.04 Å². The number of furan rings is 1. The van der Waals surface area contributed by atoms with Crippen molar-refractivity contribution in [1.82, 2.24) is 0 Å². The Kier molecular flexibility index (Phi) is 4.07. The minimum Gasteiger partial charge on any atom is -0.495 e. The van der Waals surface area contributed by atoms with E-state index in [1.807, 2.05) is 0 Å². The van der Waals surface area contributed by atoms with Crippen LogP contribution in [0.4, 0.5) is 0 Å². The van der Waals surface area contributed by atoms with Crippen molar-refractivity contribution in [3.8, 4) is 5.75 Å². The molecule has 1 aromatic carbocycles. The zero-order chi connectivity index (χ0) is 13.3. The Morgan fingerprint density at radius 1 is 1.17 bits per heavy atom. The third-order valence-corrected chi connectivity index (χ3v) is 3.33. The van der Waals surface area contributed by atoms with Gasteiger partial charge >= 0.3 is 0 Å². The number of rotatable bonds is 3. The van der Waals surface area contributed by atoms with Crippen LogP contribution in [0.2, 0.25) is 15.3 Å². The molecule has 2 N–H and O–H groups in total. The van der Waals surface area contributed by atoms with Crippen LogP contribution in [0.1, 0.15) is 17.4 Å². The molecular formula is C12H10Cl3NO2. The Hall–Kier alpha value is -0.870. The number of nitrogens with two attached hydrogens (primary N) is 1. The second-order valence-electron chi connectivity index (χ2n) is 3.63. The fourth-order valence-corrected chi connectivity index (χ4v) is 2.26. The van der Waals surface area contributed by atoms with E-state index in [1.54, 1.807) is 24.3 Å². The fraction of sp³-hybridized carbons (Fsp3) is 0.167. The Morgan fingerprint density at radius 3 is 2.44 bits per heavy atom. The summed E-state index contributed by atoms with van der Waals surface area (Å²) in [6, 6.07) is 6.05.